The van der Waals surface area contributed by atoms with E-state index >= 15 is 0 Å². The number of rotatable bonds is 6. The van der Waals surface area contributed by atoms with Crippen LogP contribution in [-0.4, -0.2) is 122 Å². The lowest BCUT2D eigenvalue weighted by molar-refractivity contribution is 0.339. The zero-order chi connectivity index (χ0) is 49.6. The Hall–Kier alpha value is -6.50. The van der Waals surface area contributed by atoms with E-state index in [1.165, 1.54) is 141 Å². The first-order chi connectivity index (χ1) is 34.9. The minimum Gasteiger partial charge on any atom is -0.378 e. The van der Waals surface area contributed by atoms with Gasteiger partial charge in [-0.1, -0.05) is 18.9 Å². The quantitative estimate of drug-likeness (QED) is 0.159. The van der Waals surface area contributed by atoms with Crippen molar-refractivity contribution in [2.75, 3.05) is 114 Å². The van der Waals surface area contributed by atoms with E-state index in [1.54, 1.807) is 24.8 Å². The molecule has 6 aromatic heterocycles. The Morgan fingerprint density at radius 1 is 0.437 bits per heavy atom. The van der Waals surface area contributed by atoms with E-state index in [1.807, 2.05) is 86.5 Å². The molecule has 1 aliphatic carbocycles. The molecule has 378 valence electrons. The van der Waals surface area contributed by atoms with Crippen molar-refractivity contribution in [2.45, 2.75) is 104 Å². The summed E-state index contributed by atoms with van der Waals surface area (Å²) in [6.07, 6.45) is 35.9. The van der Waals surface area contributed by atoms with Gasteiger partial charge in [-0.05, 0) is 139 Å². The highest BCUT2D eigenvalue weighted by molar-refractivity contribution is 5.74. The summed E-state index contributed by atoms with van der Waals surface area (Å²) in [6.45, 7) is 20.5. The van der Waals surface area contributed by atoms with Gasteiger partial charge in [0.05, 0.1) is 35.1 Å². The largest absolute Gasteiger partial charge is 0.378 e. The molecule has 11 heterocycles. The maximum atomic E-state index is 4.33. The fraction of sp³-hybridized carbons (Fsp3) is 0.483. The van der Waals surface area contributed by atoms with Gasteiger partial charge in [0.15, 0.2) is 0 Å². The number of aryl methyl sites for hydroxylation is 2. The van der Waals surface area contributed by atoms with E-state index in [0.717, 1.165) is 39.3 Å². The van der Waals surface area contributed by atoms with Crippen LogP contribution in [0.2, 0.25) is 0 Å². The van der Waals surface area contributed by atoms with Gasteiger partial charge < -0.3 is 34.3 Å². The Bertz CT molecular complexity index is 2270. The van der Waals surface area contributed by atoms with Crippen LogP contribution >= 0.6 is 0 Å². The fourth-order valence-corrected chi connectivity index (χ4v) is 10.9. The first kappa shape index (κ1) is 52.3. The summed E-state index contributed by atoms with van der Waals surface area (Å²) < 4.78 is 0. The van der Waals surface area contributed by atoms with Crippen LogP contribution in [0.4, 0.5) is 39.8 Å². The lowest BCUT2D eigenvalue weighted by Crippen LogP contribution is -2.57. The number of aromatic nitrogens is 6. The van der Waals surface area contributed by atoms with Crippen LogP contribution in [-0.2, 0) is 12.8 Å². The standard InChI is InChI=1S/C15H23N3.C11H17N3.C11H14N2.C9H12N2.C7H10N2.C5H5N/c1-3-17-12-7-5-6-8-13(12)18(4-2)15-11-16-10-9-14(15)17;1-3-13-7-8-14(4-2)11-9-12-6-5-10(11)13;1-3-9-7-12-8-10-4-2-6-13(5-1)11(9)10;1-2-8-11(7-1)9-3-5-10-6-4-9;1-9(2)7-3-5-8-6-4-7;1-2-4-6-5-3-1/h9-13H,3-8H2,1-2H3;5-6,9H,3-4,7-8H2,1-2H3;7-8H,1-6H2;3-6H,1-2,7-8H2;3-6H,1-2H3;1-5H/t12-,13+;;;;;/m0...../s1. The van der Waals surface area contributed by atoms with E-state index in [9.17, 15) is 0 Å². The van der Waals surface area contributed by atoms with Crippen molar-refractivity contribution >= 4 is 39.8 Å². The molecular weight excluding hydrogens is 879 g/mol. The molecular formula is C58H81N13. The predicted octanol–water partition coefficient (Wildman–Crippen LogP) is 10.5. The van der Waals surface area contributed by atoms with Gasteiger partial charge in [-0.2, -0.15) is 0 Å². The van der Waals surface area contributed by atoms with Crippen molar-refractivity contribution in [3.63, 3.8) is 0 Å². The average molecular weight is 960 g/mol. The lowest BCUT2D eigenvalue weighted by Gasteiger charge is -2.51. The number of likely N-dealkylation sites (N-methyl/N-ethyl adjacent to an activating group) is 4. The zero-order valence-corrected chi connectivity index (χ0v) is 43.7. The smallest absolute Gasteiger partial charge is 0.0793 e. The Kier molecular flexibility index (Phi) is 20.5. The van der Waals surface area contributed by atoms with Crippen molar-refractivity contribution in [3.8, 4) is 0 Å². The van der Waals surface area contributed by atoms with Gasteiger partial charge in [0, 0.05) is 171 Å². The molecule has 6 aromatic rings. The Labute approximate surface area is 426 Å². The molecule has 2 atom stereocenters. The van der Waals surface area contributed by atoms with E-state index in [4.69, 9.17) is 0 Å². The van der Waals surface area contributed by atoms with Crippen molar-refractivity contribution in [1.29, 1.82) is 0 Å². The van der Waals surface area contributed by atoms with Crippen LogP contribution in [0.3, 0.4) is 0 Å². The second kappa shape index (κ2) is 27.8. The van der Waals surface area contributed by atoms with Crippen LogP contribution in [0.1, 0.15) is 90.2 Å². The molecule has 13 heteroatoms. The second-order valence-electron chi connectivity index (χ2n) is 18.9. The number of hydrogen-bond donors (Lipinski definition) is 0. The summed E-state index contributed by atoms with van der Waals surface area (Å²) in [7, 11) is 4.02. The van der Waals surface area contributed by atoms with Crippen molar-refractivity contribution in [2.24, 2.45) is 0 Å². The Balaban J connectivity index is 0.000000129. The Morgan fingerprint density at radius 3 is 1.44 bits per heavy atom. The molecule has 0 spiro atoms. The molecule has 71 heavy (non-hydrogen) atoms. The summed E-state index contributed by atoms with van der Waals surface area (Å²) in [4.78, 5) is 41.5. The number of hydrogen-bond acceptors (Lipinski definition) is 13. The predicted molar refractivity (Wildman–Crippen MR) is 298 cm³/mol. The molecule has 0 radical (unpaired) electrons. The van der Waals surface area contributed by atoms with Crippen LogP contribution in [0.5, 0.6) is 0 Å². The second-order valence-corrected chi connectivity index (χ2v) is 18.9. The first-order valence-corrected chi connectivity index (χ1v) is 26.6. The Morgan fingerprint density at radius 2 is 0.930 bits per heavy atom. The summed E-state index contributed by atoms with van der Waals surface area (Å²) in [6, 6.07) is 19.5. The molecule has 0 N–H and O–H groups in total. The van der Waals surface area contributed by atoms with Gasteiger partial charge >= 0.3 is 0 Å². The molecule has 13 nitrogen and oxygen atoms in total. The van der Waals surface area contributed by atoms with Crippen molar-refractivity contribution < 1.29 is 0 Å². The zero-order valence-electron chi connectivity index (χ0n) is 43.7. The molecule has 0 bridgehead atoms. The van der Waals surface area contributed by atoms with E-state index in [0.29, 0.717) is 12.1 Å². The van der Waals surface area contributed by atoms with Gasteiger partial charge in [0.1, 0.15) is 0 Å². The monoisotopic (exact) mass is 960 g/mol. The molecule has 1 saturated carbocycles. The maximum Gasteiger partial charge on any atom is 0.0793 e. The number of pyridine rings is 6. The summed E-state index contributed by atoms with van der Waals surface area (Å²) in [5, 5.41) is 0. The van der Waals surface area contributed by atoms with E-state index in [-0.39, 0.29) is 0 Å². The summed E-state index contributed by atoms with van der Waals surface area (Å²) in [5.74, 6) is 0. The highest BCUT2D eigenvalue weighted by Gasteiger charge is 2.39. The molecule has 12 rings (SSSR count). The van der Waals surface area contributed by atoms with Crippen LogP contribution in [0, 0.1) is 0 Å². The minimum absolute atomic E-state index is 0.695. The molecule has 0 aromatic carbocycles. The molecule has 0 amide bonds. The first-order valence-electron chi connectivity index (χ1n) is 26.6. The topological polar surface area (TPSA) is 100 Å². The normalized spacial score (nSPS) is 18.0. The molecule has 2 fully saturated rings. The van der Waals surface area contributed by atoms with Gasteiger partial charge in [0.25, 0.3) is 0 Å². The minimum atomic E-state index is 0.695. The highest BCUT2D eigenvalue weighted by atomic mass is 15.3. The van der Waals surface area contributed by atoms with Crippen LogP contribution in [0.15, 0.2) is 129 Å². The van der Waals surface area contributed by atoms with E-state index < -0.39 is 0 Å². The summed E-state index contributed by atoms with van der Waals surface area (Å²) in [5.41, 5.74) is 12.3. The third-order valence-electron chi connectivity index (χ3n) is 14.4. The molecule has 1 saturated heterocycles. The molecule has 6 aliphatic rings. The third kappa shape index (κ3) is 14.1. The van der Waals surface area contributed by atoms with Gasteiger partial charge in [-0.15, -0.1) is 0 Å². The summed E-state index contributed by atoms with van der Waals surface area (Å²) >= 11 is 0. The maximum absolute atomic E-state index is 4.33. The van der Waals surface area contributed by atoms with Crippen LogP contribution in [0.25, 0.3) is 0 Å². The number of anilines is 7. The van der Waals surface area contributed by atoms with Crippen molar-refractivity contribution in [3.05, 3.63) is 140 Å². The molecule has 5 aliphatic heterocycles. The fourth-order valence-electron chi connectivity index (χ4n) is 10.9. The average Bonchev–Trinajstić information content (AvgIpc) is 4.00. The van der Waals surface area contributed by atoms with Crippen LogP contribution < -0.4 is 34.3 Å². The number of fused-ring (bicyclic) bond motifs is 3. The van der Waals surface area contributed by atoms with Gasteiger partial charge in [-0.25, -0.2) is 0 Å². The number of nitrogens with zero attached hydrogens (tertiary/aromatic N) is 13. The van der Waals surface area contributed by atoms with Gasteiger partial charge in [-0.3, -0.25) is 29.9 Å². The highest BCUT2D eigenvalue weighted by Crippen LogP contribution is 2.42. The van der Waals surface area contributed by atoms with Crippen molar-refractivity contribution in [1.82, 2.24) is 29.9 Å². The lowest BCUT2D eigenvalue weighted by atomic mass is 9.85. The molecule has 0 unspecified atom stereocenters. The van der Waals surface area contributed by atoms with Gasteiger partial charge in [0.2, 0.25) is 0 Å². The van der Waals surface area contributed by atoms with E-state index in [2.05, 4.69) is 124 Å². The third-order valence-corrected chi connectivity index (χ3v) is 14.4. The SMILES string of the molecule is CCN1CCN(CC)c2cnccc21.CCN1c2cnccc2N(CC)[C@H]2CCCC[C@H]21.CN(C)c1ccncc1.c1cc(N2CCCC2)ccn1.c1ccncc1.c1ncc2c3c1CCCN3CCC2.